The Kier molecular flexibility index (Phi) is 5.07. The van der Waals surface area contributed by atoms with Crippen molar-refractivity contribution in [2.45, 2.75) is 6.18 Å². The number of amides is 1. The fourth-order valence-electron chi connectivity index (χ4n) is 2.36. The maximum atomic E-state index is 13.1. The number of hydrogen-bond acceptors (Lipinski definition) is 3. The van der Waals surface area contributed by atoms with Gasteiger partial charge in [0.15, 0.2) is 0 Å². The maximum absolute atomic E-state index is 13.1. The number of anilines is 3. The summed E-state index contributed by atoms with van der Waals surface area (Å²) in [6.07, 6.45) is -3.21. The second-order valence-corrected chi connectivity index (χ2v) is 5.56. The van der Waals surface area contributed by atoms with Crippen LogP contribution in [0.1, 0.15) is 16.1 Å². The van der Waals surface area contributed by atoms with E-state index >= 15 is 0 Å². The summed E-state index contributed by atoms with van der Waals surface area (Å²) >= 11 is 0. The van der Waals surface area contributed by atoms with Gasteiger partial charge in [-0.15, -0.1) is 0 Å². The van der Waals surface area contributed by atoms with E-state index in [-0.39, 0.29) is 17.1 Å². The van der Waals surface area contributed by atoms with Gasteiger partial charge >= 0.3 is 6.18 Å². The first-order valence-corrected chi connectivity index (χ1v) is 7.79. The Morgan fingerprint density at radius 2 is 1.63 bits per heavy atom. The van der Waals surface area contributed by atoms with E-state index in [0.29, 0.717) is 5.69 Å². The van der Waals surface area contributed by atoms with Crippen LogP contribution in [0.5, 0.6) is 0 Å². The van der Waals surface area contributed by atoms with Gasteiger partial charge in [0.1, 0.15) is 11.5 Å². The lowest BCUT2D eigenvalue weighted by molar-refractivity contribution is -0.136. The van der Waals surface area contributed by atoms with E-state index < -0.39 is 23.5 Å². The molecule has 4 nitrogen and oxygen atoms in total. The zero-order valence-corrected chi connectivity index (χ0v) is 13.7. The molecule has 1 amide bonds. The van der Waals surface area contributed by atoms with Crippen LogP contribution < -0.4 is 10.6 Å². The zero-order chi connectivity index (χ0) is 19.4. The van der Waals surface area contributed by atoms with Crippen LogP contribution in [0.15, 0.2) is 66.9 Å². The molecular weight excluding hydrogens is 362 g/mol. The number of para-hydroxylation sites is 1. The molecule has 2 N–H and O–H groups in total. The van der Waals surface area contributed by atoms with E-state index in [1.165, 1.54) is 60.8 Å². The minimum Gasteiger partial charge on any atom is -0.355 e. The number of carbonyl (C=O) groups is 1. The van der Waals surface area contributed by atoms with E-state index in [4.69, 9.17) is 0 Å². The Morgan fingerprint density at radius 3 is 2.33 bits per heavy atom. The highest BCUT2D eigenvalue weighted by Crippen LogP contribution is 2.35. The number of nitrogens with one attached hydrogen (secondary N) is 2. The zero-order valence-electron chi connectivity index (χ0n) is 13.7. The summed E-state index contributed by atoms with van der Waals surface area (Å²) in [5.41, 5.74) is -0.330. The number of pyridine rings is 1. The van der Waals surface area contributed by atoms with Crippen LogP contribution in [0.2, 0.25) is 0 Å². The van der Waals surface area contributed by atoms with Gasteiger partial charge in [-0.25, -0.2) is 4.39 Å². The van der Waals surface area contributed by atoms with Crippen molar-refractivity contribution in [2.75, 3.05) is 10.6 Å². The van der Waals surface area contributed by atoms with Gasteiger partial charge in [-0.3, -0.25) is 9.78 Å². The van der Waals surface area contributed by atoms with E-state index in [0.717, 1.165) is 6.07 Å². The molecule has 1 heterocycles. The summed E-state index contributed by atoms with van der Waals surface area (Å²) in [6, 6.07) is 12.9. The Hall–Kier alpha value is -3.42. The quantitative estimate of drug-likeness (QED) is 0.614. The molecule has 0 atom stereocenters. The van der Waals surface area contributed by atoms with Crippen LogP contribution in [0, 0.1) is 5.82 Å². The number of carbonyl (C=O) groups excluding carboxylic acids is 1. The molecule has 0 spiro atoms. The van der Waals surface area contributed by atoms with Gasteiger partial charge in [0.2, 0.25) is 0 Å². The van der Waals surface area contributed by atoms with Gasteiger partial charge in [0.25, 0.3) is 5.91 Å². The first kappa shape index (κ1) is 18.4. The molecule has 0 unspecified atom stereocenters. The average Bonchev–Trinajstić information content (AvgIpc) is 2.63. The van der Waals surface area contributed by atoms with Gasteiger partial charge in [-0.1, -0.05) is 12.1 Å². The molecule has 0 aliphatic carbocycles. The molecule has 27 heavy (non-hydrogen) atoms. The van der Waals surface area contributed by atoms with E-state index in [2.05, 4.69) is 15.6 Å². The van der Waals surface area contributed by atoms with Crippen LogP contribution in [-0.4, -0.2) is 10.9 Å². The third-order valence-electron chi connectivity index (χ3n) is 3.61. The molecule has 0 fully saturated rings. The molecular formula is C19H13F4N3O. The highest BCUT2D eigenvalue weighted by atomic mass is 19.4. The van der Waals surface area contributed by atoms with Crippen LogP contribution in [0.4, 0.5) is 34.6 Å². The fourth-order valence-corrected chi connectivity index (χ4v) is 2.36. The molecule has 138 valence electrons. The highest BCUT2D eigenvalue weighted by Gasteiger charge is 2.33. The lowest BCUT2D eigenvalue weighted by atomic mass is 10.1. The minimum absolute atomic E-state index is 0.00573. The van der Waals surface area contributed by atoms with Gasteiger partial charge in [-0.05, 0) is 48.5 Å². The number of alkyl halides is 3. The lowest BCUT2D eigenvalue weighted by Gasteiger charge is -2.14. The summed E-state index contributed by atoms with van der Waals surface area (Å²) in [5.74, 6) is -1.02. The third-order valence-corrected chi connectivity index (χ3v) is 3.61. The number of aromatic nitrogens is 1. The van der Waals surface area contributed by atoms with Crippen molar-refractivity contribution in [3.63, 3.8) is 0 Å². The van der Waals surface area contributed by atoms with E-state index in [9.17, 15) is 22.4 Å². The molecule has 0 radical (unpaired) electrons. The molecule has 0 aliphatic heterocycles. The summed E-state index contributed by atoms with van der Waals surface area (Å²) < 4.78 is 52.2. The fraction of sp³-hybridized carbons (Fsp3) is 0.0526. The van der Waals surface area contributed by atoms with Crippen molar-refractivity contribution >= 4 is 23.0 Å². The van der Waals surface area contributed by atoms with E-state index in [1.54, 1.807) is 0 Å². The van der Waals surface area contributed by atoms with Gasteiger partial charge < -0.3 is 10.6 Å². The molecule has 1 aromatic heterocycles. The number of nitrogens with zero attached hydrogens (tertiary/aromatic N) is 1. The summed E-state index contributed by atoms with van der Waals surface area (Å²) in [6.45, 7) is 0. The maximum Gasteiger partial charge on any atom is 0.418 e. The monoisotopic (exact) mass is 375 g/mol. The molecule has 3 aromatic rings. The largest absolute Gasteiger partial charge is 0.418 e. The van der Waals surface area contributed by atoms with Crippen molar-refractivity contribution < 1.29 is 22.4 Å². The lowest BCUT2D eigenvalue weighted by Crippen LogP contribution is -2.14. The Balaban J connectivity index is 1.80. The van der Waals surface area contributed by atoms with Crippen molar-refractivity contribution in [3.05, 3.63) is 83.9 Å². The minimum atomic E-state index is -4.51. The molecule has 2 aromatic carbocycles. The van der Waals surface area contributed by atoms with Crippen LogP contribution in [-0.2, 0) is 6.18 Å². The summed E-state index contributed by atoms with van der Waals surface area (Å²) in [5, 5.41) is 5.19. The first-order valence-electron chi connectivity index (χ1n) is 7.79. The molecule has 8 heteroatoms. The highest BCUT2D eigenvalue weighted by molar-refractivity contribution is 6.03. The number of hydrogen-bond donors (Lipinski definition) is 2. The molecule has 0 bridgehead atoms. The van der Waals surface area contributed by atoms with Gasteiger partial charge in [0, 0.05) is 17.6 Å². The summed E-state index contributed by atoms with van der Waals surface area (Å²) in [7, 11) is 0. The number of rotatable bonds is 4. The van der Waals surface area contributed by atoms with Crippen molar-refractivity contribution in [2.24, 2.45) is 0 Å². The molecule has 3 rings (SSSR count). The summed E-state index contributed by atoms with van der Waals surface area (Å²) in [4.78, 5) is 16.2. The average molecular weight is 375 g/mol. The Bertz CT molecular complexity index is 956. The van der Waals surface area contributed by atoms with Crippen molar-refractivity contribution in [1.29, 1.82) is 0 Å². The van der Waals surface area contributed by atoms with Gasteiger partial charge in [0.05, 0.1) is 11.3 Å². The molecule has 0 aliphatic rings. The van der Waals surface area contributed by atoms with Gasteiger partial charge in [-0.2, -0.15) is 13.2 Å². The second-order valence-electron chi connectivity index (χ2n) is 5.56. The van der Waals surface area contributed by atoms with Crippen LogP contribution >= 0.6 is 0 Å². The van der Waals surface area contributed by atoms with Crippen molar-refractivity contribution in [3.8, 4) is 0 Å². The van der Waals surface area contributed by atoms with Crippen molar-refractivity contribution in [1.82, 2.24) is 4.98 Å². The van der Waals surface area contributed by atoms with Crippen LogP contribution in [0.3, 0.4) is 0 Å². The Labute approximate surface area is 151 Å². The Morgan fingerprint density at radius 1 is 0.926 bits per heavy atom. The number of benzene rings is 2. The topological polar surface area (TPSA) is 54.0 Å². The third kappa shape index (κ3) is 4.60. The smallest absolute Gasteiger partial charge is 0.355 e. The van der Waals surface area contributed by atoms with Crippen LogP contribution in [0.25, 0.3) is 0 Å². The first-order chi connectivity index (χ1) is 12.8. The normalized spacial score (nSPS) is 11.1. The molecule has 0 saturated carbocycles. The van der Waals surface area contributed by atoms with E-state index in [1.807, 2.05) is 0 Å². The standard InChI is InChI=1S/C19H13F4N3O/c20-12-5-7-13(8-6-12)26-18(27)17-11-14(9-10-24-17)25-16-4-2-1-3-15(16)19(21,22)23/h1-11H,(H,24,25)(H,26,27). The predicted molar refractivity (Wildman–Crippen MR) is 93.3 cm³/mol. The SMILES string of the molecule is O=C(Nc1ccc(F)cc1)c1cc(Nc2ccccc2C(F)(F)F)ccn1. The molecule has 0 saturated heterocycles. The second kappa shape index (κ2) is 7.45. The number of halogens is 4. The predicted octanol–water partition coefficient (Wildman–Crippen LogP) is 5.24.